The summed E-state index contributed by atoms with van der Waals surface area (Å²) in [6.07, 6.45) is 0.287. The van der Waals surface area contributed by atoms with E-state index in [-0.39, 0.29) is 29.5 Å². The molecule has 0 heterocycles. The maximum atomic E-state index is 14.0. The van der Waals surface area contributed by atoms with Crippen LogP contribution in [0.5, 0.6) is 5.75 Å². The van der Waals surface area contributed by atoms with Crippen molar-refractivity contribution in [2.75, 3.05) is 24.0 Å². The van der Waals surface area contributed by atoms with Crippen molar-refractivity contribution >= 4 is 39.1 Å². The highest BCUT2D eigenvalue weighted by molar-refractivity contribution is 7.92. The van der Waals surface area contributed by atoms with Crippen molar-refractivity contribution in [3.63, 3.8) is 0 Å². The number of carbonyl (C=O) groups is 2. The number of nitrogens with zero attached hydrogens (tertiary/aromatic N) is 2. The lowest BCUT2D eigenvalue weighted by atomic mass is 10.1. The number of anilines is 1. The third-order valence-corrected chi connectivity index (χ3v) is 8.31. The Bertz CT molecular complexity index is 1400. The molecule has 0 aliphatic carbocycles. The highest BCUT2D eigenvalue weighted by Gasteiger charge is 2.33. The first-order valence-electron chi connectivity index (χ1n) is 12.9. The van der Waals surface area contributed by atoms with Crippen LogP contribution in [0.2, 0.25) is 5.02 Å². The number of rotatable bonds is 13. The van der Waals surface area contributed by atoms with Gasteiger partial charge in [0.15, 0.2) is 0 Å². The second-order valence-corrected chi connectivity index (χ2v) is 11.1. The lowest BCUT2D eigenvalue weighted by Crippen LogP contribution is -2.52. The van der Waals surface area contributed by atoms with Gasteiger partial charge >= 0.3 is 0 Å². The van der Waals surface area contributed by atoms with E-state index in [0.29, 0.717) is 29.5 Å². The second kappa shape index (κ2) is 14.1. The SMILES string of the molecule is CCNC(=O)[C@H](CC)N(Cc1ccccc1Cl)C(=O)CN(c1ccc(OCC)cc1)S(=O)(=O)c1ccc(F)cc1. The Morgan fingerprint density at radius 2 is 1.62 bits per heavy atom. The van der Waals surface area contributed by atoms with Gasteiger partial charge in [-0.05, 0) is 80.4 Å². The Morgan fingerprint density at radius 1 is 0.975 bits per heavy atom. The number of ether oxygens (including phenoxy) is 1. The van der Waals surface area contributed by atoms with Crippen molar-refractivity contribution in [1.82, 2.24) is 10.2 Å². The summed E-state index contributed by atoms with van der Waals surface area (Å²) in [6.45, 7) is 5.52. The predicted octanol–water partition coefficient (Wildman–Crippen LogP) is 5.02. The maximum absolute atomic E-state index is 14.0. The minimum Gasteiger partial charge on any atom is -0.494 e. The van der Waals surface area contributed by atoms with Crippen LogP contribution in [0.15, 0.2) is 77.7 Å². The third kappa shape index (κ3) is 7.51. The zero-order chi connectivity index (χ0) is 29.3. The predicted molar refractivity (Wildman–Crippen MR) is 153 cm³/mol. The fourth-order valence-electron chi connectivity index (χ4n) is 4.16. The molecule has 1 N–H and O–H groups in total. The number of sulfonamides is 1. The minimum absolute atomic E-state index is 0.0120. The standard InChI is InChI=1S/C29H33ClFN3O5S/c1-4-27(29(36)32-5-2)33(19-21-9-7-8-10-26(21)30)28(35)20-34(23-13-15-24(16-14-23)39-6-3)40(37,38)25-17-11-22(31)12-18-25/h7-18,27H,4-6,19-20H2,1-3H3,(H,32,36)/t27-/m0/s1. The number of likely N-dealkylation sites (N-methyl/N-ethyl adjacent to an activating group) is 1. The topological polar surface area (TPSA) is 96.0 Å². The van der Waals surface area contributed by atoms with Gasteiger partial charge in [-0.15, -0.1) is 0 Å². The lowest BCUT2D eigenvalue weighted by molar-refractivity contribution is -0.140. The molecular weight excluding hydrogens is 557 g/mol. The van der Waals surface area contributed by atoms with E-state index in [0.717, 1.165) is 28.6 Å². The number of benzene rings is 3. The number of hydrogen-bond acceptors (Lipinski definition) is 5. The molecule has 0 bridgehead atoms. The Morgan fingerprint density at radius 3 is 2.20 bits per heavy atom. The Kier molecular flexibility index (Phi) is 10.9. The Labute approximate surface area is 239 Å². The number of carbonyl (C=O) groups excluding carboxylic acids is 2. The molecule has 0 aliphatic rings. The second-order valence-electron chi connectivity index (χ2n) is 8.82. The van der Waals surface area contributed by atoms with Gasteiger partial charge in [-0.2, -0.15) is 0 Å². The molecule has 0 radical (unpaired) electrons. The molecule has 3 aromatic carbocycles. The molecule has 3 rings (SSSR count). The average Bonchev–Trinajstić information content (AvgIpc) is 2.93. The van der Waals surface area contributed by atoms with Crippen molar-refractivity contribution < 1.29 is 27.1 Å². The molecule has 0 saturated heterocycles. The smallest absolute Gasteiger partial charge is 0.264 e. The maximum Gasteiger partial charge on any atom is 0.264 e. The molecule has 0 saturated carbocycles. The lowest BCUT2D eigenvalue weighted by Gasteiger charge is -2.33. The van der Waals surface area contributed by atoms with E-state index in [1.54, 1.807) is 50.2 Å². The molecule has 0 aromatic heterocycles. The van der Waals surface area contributed by atoms with Gasteiger partial charge in [-0.25, -0.2) is 12.8 Å². The van der Waals surface area contributed by atoms with E-state index in [1.165, 1.54) is 17.0 Å². The fourth-order valence-corrected chi connectivity index (χ4v) is 5.77. The first kappa shape index (κ1) is 30.9. The summed E-state index contributed by atoms with van der Waals surface area (Å²) in [4.78, 5) is 28.1. The van der Waals surface area contributed by atoms with Crippen LogP contribution >= 0.6 is 11.6 Å². The molecule has 40 heavy (non-hydrogen) atoms. The van der Waals surface area contributed by atoms with Crippen molar-refractivity contribution in [3.8, 4) is 5.75 Å². The van der Waals surface area contributed by atoms with Crippen molar-refractivity contribution in [2.45, 2.75) is 44.7 Å². The molecule has 0 spiro atoms. The van der Waals surface area contributed by atoms with E-state index in [4.69, 9.17) is 16.3 Å². The molecule has 2 amide bonds. The van der Waals surface area contributed by atoms with E-state index in [1.807, 2.05) is 6.92 Å². The zero-order valence-electron chi connectivity index (χ0n) is 22.6. The molecule has 0 unspecified atom stereocenters. The summed E-state index contributed by atoms with van der Waals surface area (Å²) in [7, 11) is -4.32. The van der Waals surface area contributed by atoms with Gasteiger partial charge in [0, 0.05) is 18.1 Å². The molecule has 1 atom stereocenters. The summed E-state index contributed by atoms with van der Waals surface area (Å²) < 4.78 is 47.6. The van der Waals surface area contributed by atoms with Crippen LogP contribution in [0.25, 0.3) is 0 Å². The Hall–Kier alpha value is -3.63. The first-order chi connectivity index (χ1) is 19.1. The van der Waals surface area contributed by atoms with Gasteiger partial charge < -0.3 is 15.0 Å². The minimum atomic E-state index is -4.32. The highest BCUT2D eigenvalue weighted by atomic mass is 35.5. The third-order valence-electron chi connectivity index (χ3n) is 6.15. The van der Waals surface area contributed by atoms with Crippen LogP contribution in [0.3, 0.4) is 0 Å². The monoisotopic (exact) mass is 589 g/mol. The van der Waals surface area contributed by atoms with E-state index < -0.39 is 34.3 Å². The van der Waals surface area contributed by atoms with Crippen LogP contribution in [0, 0.1) is 5.82 Å². The number of amides is 2. The summed E-state index contributed by atoms with van der Waals surface area (Å²) in [5.41, 5.74) is 0.805. The molecule has 11 heteroatoms. The van der Waals surface area contributed by atoms with Crippen LogP contribution in [-0.2, 0) is 26.2 Å². The molecule has 3 aromatic rings. The van der Waals surface area contributed by atoms with Crippen LogP contribution in [0.4, 0.5) is 10.1 Å². The quantitative estimate of drug-likeness (QED) is 0.302. The van der Waals surface area contributed by atoms with Gasteiger partial charge in [-0.1, -0.05) is 36.7 Å². The van der Waals surface area contributed by atoms with Gasteiger partial charge in [0.25, 0.3) is 10.0 Å². The van der Waals surface area contributed by atoms with E-state index in [9.17, 15) is 22.4 Å². The van der Waals surface area contributed by atoms with Gasteiger partial charge in [0.1, 0.15) is 24.2 Å². The normalized spacial score (nSPS) is 11.9. The van der Waals surface area contributed by atoms with Gasteiger partial charge in [0.2, 0.25) is 11.8 Å². The molecule has 0 fully saturated rings. The highest BCUT2D eigenvalue weighted by Crippen LogP contribution is 2.27. The van der Waals surface area contributed by atoms with Crippen molar-refractivity contribution in [3.05, 3.63) is 89.2 Å². The molecule has 0 aliphatic heterocycles. The first-order valence-corrected chi connectivity index (χ1v) is 14.8. The fraction of sp³-hybridized carbons (Fsp3) is 0.310. The number of hydrogen-bond donors (Lipinski definition) is 1. The van der Waals surface area contributed by atoms with Crippen molar-refractivity contribution in [1.29, 1.82) is 0 Å². The van der Waals surface area contributed by atoms with Crippen LogP contribution < -0.4 is 14.4 Å². The molecule has 8 nitrogen and oxygen atoms in total. The van der Waals surface area contributed by atoms with Gasteiger partial charge in [-0.3, -0.25) is 13.9 Å². The number of halogens is 2. The molecule has 214 valence electrons. The molecular formula is C29H33ClFN3O5S. The van der Waals surface area contributed by atoms with Gasteiger partial charge in [0.05, 0.1) is 17.2 Å². The summed E-state index contributed by atoms with van der Waals surface area (Å²) in [5, 5.41) is 3.16. The van der Waals surface area contributed by atoms with E-state index >= 15 is 0 Å². The zero-order valence-corrected chi connectivity index (χ0v) is 24.2. The summed E-state index contributed by atoms with van der Waals surface area (Å²) in [5.74, 6) is -1.04. The van der Waals surface area contributed by atoms with Crippen LogP contribution in [0.1, 0.15) is 32.8 Å². The van der Waals surface area contributed by atoms with Crippen LogP contribution in [-0.4, -0.2) is 50.9 Å². The Balaban J connectivity index is 2.07. The van der Waals surface area contributed by atoms with E-state index in [2.05, 4.69) is 5.32 Å². The summed E-state index contributed by atoms with van der Waals surface area (Å²) >= 11 is 6.38. The summed E-state index contributed by atoms with van der Waals surface area (Å²) in [6, 6.07) is 16.7. The number of nitrogens with one attached hydrogen (secondary N) is 1. The average molecular weight is 590 g/mol. The van der Waals surface area contributed by atoms with Crippen molar-refractivity contribution in [2.24, 2.45) is 0 Å². The largest absolute Gasteiger partial charge is 0.494 e.